The van der Waals surface area contributed by atoms with E-state index in [2.05, 4.69) is 25.7 Å². The van der Waals surface area contributed by atoms with E-state index in [9.17, 15) is 4.79 Å². The van der Waals surface area contributed by atoms with Gasteiger partial charge in [0.25, 0.3) is 0 Å². The predicted molar refractivity (Wildman–Crippen MR) is 98.6 cm³/mol. The molecule has 0 saturated carbocycles. The summed E-state index contributed by atoms with van der Waals surface area (Å²) in [5.74, 6) is 1.89. The number of benzene rings is 1. The van der Waals surface area contributed by atoms with Gasteiger partial charge in [0.2, 0.25) is 11.1 Å². The summed E-state index contributed by atoms with van der Waals surface area (Å²) in [4.78, 5) is 16.6. The van der Waals surface area contributed by atoms with Crippen molar-refractivity contribution in [2.24, 2.45) is 0 Å². The van der Waals surface area contributed by atoms with E-state index in [0.29, 0.717) is 38.9 Å². The van der Waals surface area contributed by atoms with Crippen molar-refractivity contribution in [2.75, 3.05) is 12.4 Å². The van der Waals surface area contributed by atoms with Crippen LogP contribution in [0.3, 0.4) is 0 Å². The Morgan fingerprint density at radius 2 is 2.23 bits per heavy atom. The third-order valence-corrected chi connectivity index (χ3v) is 4.61. The summed E-state index contributed by atoms with van der Waals surface area (Å²) in [7, 11) is 1.57. The van der Waals surface area contributed by atoms with Gasteiger partial charge in [-0.15, -0.1) is 5.10 Å². The molecule has 0 saturated heterocycles. The van der Waals surface area contributed by atoms with Crippen molar-refractivity contribution >= 4 is 35.1 Å². The van der Waals surface area contributed by atoms with E-state index in [1.165, 1.54) is 11.8 Å². The second kappa shape index (κ2) is 7.79. The lowest BCUT2D eigenvalue weighted by Gasteiger charge is -2.07. The molecule has 0 unspecified atom stereocenters. The van der Waals surface area contributed by atoms with Crippen LogP contribution in [0.4, 0.5) is 5.82 Å². The molecule has 0 fully saturated rings. The van der Waals surface area contributed by atoms with E-state index in [1.54, 1.807) is 45.2 Å². The predicted octanol–water partition coefficient (Wildman–Crippen LogP) is 3.55. The van der Waals surface area contributed by atoms with E-state index in [4.69, 9.17) is 20.9 Å². The molecule has 136 valence electrons. The first-order valence-electron chi connectivity index (χ1n) is 7.63. The Hall–Kier alpha value is -2.52. The van der Waals surface area contributed by atoms with Crippen LogP contribution in [0.5, 0.6) is 5.75 Å². The molecular weight excluding hydrogens is 378 g/mol. The van der Waals surface area contributed by atoms with Crippen molar-refractivity contribution in [1.29, 1.82) is 0 Å². The molecule has 0 bridgehead atoms. The number of thioether (sulfide) groups is 1. The molecule has 2 aromatic heterocycles. The number of hydrogen-bond acceptors (Lipinski definition) is 7. The van der Waals surface area contributed by atoms with Crippen LogP contribution in [-0.4, -0.2) is 38.6 Å². The minimum Gasteiger partial charge on any atom is -0.496 e. The molecule has 1 aromatic carbocycles. The Bertz CT molecular complexity index is 926. The number of aromatic nitrogens is 4. The number of hydrogen-bond donors (Lipinski definition) is 2. The molecule has 10 heteroatoms. The maximum Gasteiger partial charge on any atom is 0.238 e. The van der Waals surface area contributed by atoms with E-state index in [0.717, 1.165) is 0 Å². The topological polar surface area (TPSA) is 106 Å². The first-order chi connectivity index (χ1) is 12.5. The molecule has 0 aliphatic rings. The summed E-state index contributed by atoms with van der Waals surface area (Å²) < 4.78 is 10.2. The molecule has 26 heavy (non-hydrogen) atoms. The maximum atomic E-state index is 12.2. The fourth-order valence-electron chi connectivity index (χ4n) is 2.15. The lowest BCUT2D eigenvalue weighted by molar-refractivity contribution is -0.115. The van der Waals surface area contributed by atoms with Crippen LogP contribution in [0.15, 0.2) is 33.9 Å². The first-order valence-corrected chi connectivity index (χ1v) is 8.89. The minimum absolute atomic E-state index is 0.227. The number of halogens is 1. The van der Waals surface area contributed by atoms with Crippen LogP contribution >= 0.6 is 23.4 Å². The van der Waals surface area contributed by atoms with Gasteiger partial charge in [0.1, 0.15) is 11.5 Å². The third kappa shape index (κ3) is 4.17. The van der Waals surface area contributed by atoms with Crippen LogP contribution in [0.2, 0.25) is 5.02 Å². The lowest BCUT2D eigenvalue weighted by atomic mass is 10.2. The van der Waals surface area contributed by atoms with Gasteiger partial charge in [-0.1, -0.05) is 28.5 Å². The Kier molecular flexibility index (Phi) is 5.48. The third-order valence-electron chi connectivity index (χ3n) is 3.41. The van der Waals surface area contributed by atoms with Crippen molar-refractivity contribution in [1.82, 2.24) is 20.3 Å². The molecular formula is C16H16ClN5O3S. The highest BCUT2D eigenvalue weighted by Crippen LogP contribution is 2.31. The van der Waals surface area contributed by atoms with Crippen molar-refractivity contribution in [3.63, 3.8) is 0 Å². The normalized spacial score (nSPS) is 12.0. The number of carbonyl (C=O) groups is 1. The Labute approximate surface area is 158 Å². The van der Waals surface area contributed by atoms with Gasteiger partial charge in [0.15, 0.2) is 11.6 Å². The zero-order chi connectivity index (χ0) is 18.7. The van der Waals surface area contributed by atoms with E-state index in [-0.39, 0.29) is 5.91 Å². The fraction of sp³-hybridized carbons (Fsp3) is 0.250. The van der Waals surface area contributed by atoms with Crippen LogP contribution in [0.25, 0.3) is 11.4 Å². The number of carbonyl (C=O) groups excluding carboxylic acids is 1. The Morgan fingerprint density at radius 3 is 2.92 bits per heavy atom. The standard InChI is InChI=1S/C16H16ClN5O3S/c1-8-6-13(22-25-8)18-15(23)9(2)26-16-19-14(20-21-16)11-7-10(17)4-5-12(11)24-3/h4-7,9H,1-3H3,(H,18,22,23)(H,19,20,21)/t9-/m0/s1. The molecule has 0 aliphatic carbocycles. The van der Waals surface area contributed by atoms with E-state index in [1.807, 2.05) is 0 Å². The molecule has 8 nitrogen and oxygen atoms in total. The number of nitrogens with one attached hydrogen (secondary N) is 2. The second-order valence-corrected chi connectivity index (χ2v) is 7.13. The zero-order valence-electron chi connectivity index (χ0n) is 14.2. The number of H-pyrrole nitrogens is 1. The average molecular weight is 394 g/mol. The molecule has 2 N–H and O–H groups in total. The molecule has 3 rings (SSSR count). The zero-order valence-corrected chi connectivity index (χ0v) is 15.8. The van der Waals surface area contributed by atoms with Gasteiger partial charge in [-0.2, -0.15) is 0 Å². The average Bonchev–Trinajstić information content (AvgIpc) is 3.23. The maximum absolute atomic E-state index is 12.2. The van der Waals surface area contributed by atoms with Gasteiger partial charge < -0.3 is 14.6 Å². The van der Waals surface area contributed by atoms with Crippen molar-refractivity contribution in [2.45, 2.75) is 24.3 Å². The second-order valence-electron chi connectivity index (χ2n) is 5.38. The van der Waals surface area contributed by atoms with Crippen molar-refractivity contribution in [3.8, 4) is 17.1 Å². The molecule has 1 atom stereocenters. The highest BCUT2D eigenvalue weighted by molar-refractivity contribution is 8.00. The molecule has 0 spiro atoms. The number of ether oxygens (including phenoxy) is 1. The smallest absolute Gasteiger partial charge is 0.238 e. The van der Waals surface area contributed by atoms with Crippen molar-refractivity contribution < 1.29 is 14.1 Å². The van der Waals surface area contributed by atoms with Gasteiger partial charge in [0, 0.05) is 11.1 Å². The number of rotatable bonds is 6. The summed E-state index contributed by atoms with van der Waals surface area (Å²) in [6, 6.07) is 6.86. The molecule has 3 aromatic rings. The molecule has 0 aliphatic heterocycles. The monoisotopic (exact) mass is 393 g/mol. The summed E-state index contributed by atoms with van der Waals surface area (Å²) >= 11 is 7.26. The first kappa shape index (κ1) is 18.3. The summed E-state index contributed by atoms with van der Waals surface area (Å²) in [6.45, 7) is 3.50. The molecule has 2 heterocycles. The highest BCUT2D eigenvalue weighted by atomic mass is 35.5. The SMILES string of the molecule is COc1ccc(Cl)cc1-c1nc(S[C@@H](C)C(=O)Nc2cc(C)on2)n[nH]1. The minimum atomic E-state index is -0.433. The van der Waals surface area contributed by atoms with Gasteiger partial charge >= 0.3 is 0 Å². The van der Waals surface area contributed by atoms with Gasteiger partial charge in [0.05, 0.1) is 17.9 Å². The quantitative estimate of drug-likeness (QED) is 0.617. The van der Waals surface area contributed by atoms with E-state index >= 15 is 0 Å². The summed E-state index contributed by atoms with van der Waals surface area (Å²) in [6.07, 6.45) is 0. The van der Waals surface area contributed by atoms with Gasteiger partial charge in [-0.05, 0) is 32.0 Å². The Morgan fingerprint density at radius 1 is 1.42 bits per heavy atom. The van der Waals surface area contributed by atoms with Crippen molar-refractivity contribution in [3.05, 3.63) is 35.0 Å². The fourth-order valence-corrected chi connectivity index (χ4v) is 3.05. The Balaban J connectivity index is 1.70. The van der Waals surface area contributed by atoms with Gasteiger partial charge in [-0.3, -0.25) is 9.89 Å². The van der Waals surface area contributed by atoms with Gasteiger partial charge in [-0.25, -0.2) is 4.98 Å². The van der Waals surface area contributed by atoms with Crippen LogP contribution in [0.1, 0.15) is 12.7 Å². The lowest BCUT2D eigenvalue weighted by Crippen LogP contribution is -2.22. The summed E-state index contributed by atoms with van der Waals surface area (Å²) in [5.41, 5.74) is 0.689. The number of aryl methyl sites for hydroxylation is 1. The number of amides is 1. The number of methoxy groups -OCH3 is 1. The number of aromatic amines is 1. The molecule has 0 radical (unpaired) electrons. The van der Waals surface area contributed by atoms with Crippen LogP contribution < -0.4 is 10.1 Å². The largest absolute Gasteiger partial charge is 0.496 e. The number of nitrogens with zero attached hydrogens (tertiary/aromatic N) is 3. The highest BCUT2D eigenvalue weighted by Gasteiger charge is 2.19. The number of anilines is 1. The van der Waals surface area contributed by atoms with E-state index < -0.39 is 5.25 Å². The summed E-state index contributed by atoms with van der Waals surface area (Å²) in [5, 5.41) is 14.0. The van der Waals surface area contributed by atoms with Crippen LogP contribution in [0, 0.1) is 6.92 Å². The van der Waals surface area contributed by atoms with Crippen LogP contribution in [-0.2, 0) is 4.79 Å². The molecule has 1 amide bonds.